The molecule has 0 radical (unpaired) electrons. The maximum Gasteiger partial charge on any atom is 0.317 e. The van der Waals surface area contributed by atoms with Gasteiger partial charge in [0.05, 0.1) is 0 Å². The number of carbonyl (C=O) groups is 3. The molecule has 0 aliphatic carbocycles. The third-order valence-corrected chi connectivity index (χ3v) is 6.66. The lowest BCUT2D eigenvalue weighted by atomic mass is 9.87. The predicted octanol–water partition coefficient (Wildman–Crippen LogP) is 3.32. The largest absolute Gasteiger partial charge is 0.340 e. The van der Waals surface area contributed by atoms with E-state index in [1.807, 2.05) is 42.7 Å². The zero-order chi connectivity index (χ0) is 23.3. The molecule has 0 unspecified atom stereocenters. The topological polar surface area (TPSA) is 81.8 Å². The number of urea groups is 1. The second-order valence-corrected chi connectivity index (χ2v) is 9.62. The second-order valence-electron chi connectivity index (χ2n) is 9.62. The van der Waals surface area contributed by atoms with E-state index in [1.165, 1.54) is 0 Å². The minimum absolute atomic E-state index is 0.00845. The Morgan fingerprint density at radius 2 is 1.59 bits per heavy atom. The van der Waals surface area contributed by atoms with E-state index in [-0.39, 0.29) is 35.8 Å². The molecule has 3 rings (SSSR count). The first-order valence-electron chi connectivity index (χ1n) is 12.0. The number of piperidine rings is 2. The minimum atomic E-state index is -0.570. The zero-order valence-corrected chi connectivity index (χ0v) is 19.9. The summed E-state index contributed by atoms with van der Waals surface area (Å²) in [6, 6.07) is 7.06. The van der Waals surface area contributed by atoms with E-state index < -0.39 is 6.04 Å². The smallest absolute Gasteiger partial charge is 0.317 e. The molecule has 0 spiro atoms. The molecule has 0 bridgehead atoms. The van der Waals surface area contributed by atoms with E-state index in [2.05, 4.69) is 17.6 Å². The van der Waals surface area contributed by atoms with Crippen LogP contribution in [-0.2, 0) is 4.79 Å². The SMILES string of the molecule is Cc1ccc(C(=O)N[C@@H](C(=O)N2CCCC[C@@H]2C)C2CCN(C(=O)NC(C)C)CC2)cc1. The molecule has 1 aromatic rings. The molecule has 2 saturated heterocycles. The maximum absolute atomic E-state index is 13.6. The predicted molar refractivity (Wildman–Crippen MR) is 125 cm³/mol. The van der Waals surface area contributed by atoms with Crippen LogP contribution < -0.4 is 10.6 Å². The highest BCUT2D eigenvalue weighted by molar-refractivity contribution is 5.97. The maximum atomic E-state index is 13.6. The molecular formula is C25H38N4O3. The molecule has 7 nitrogen and oxygen atoms in total. The number of hydrogen-bond donors (Lipinski definition) is 2. The van der Waals surface area contributed by atoms with Crippen molar-refractivity contribution in [2.75, 3.05) is 19.6 Å². The quantitative estimate of drug-likeness (QED) is 0.734. The summed E-state index contributed by atoms with van der Waals surface area (Å²) in [6.07, 6.45) is 4.52. The standard InChI is InChI=1S/C25H38N4O3/c1-17(2)26-25(32)28-15-12-20(13-16-28)22(24(31)29-14-6-5-7-19(29)4)27-23(30)21-10-8-18(3)9-11-21/h8-11,17,19-20,22H,5-7,12-16H2,1-4H3,(H,26,32)(H,27,30)/t19-,22+/m0/s1. The Labute approximate surface area is 191 Å². The molecule has 2 N–H and O–H groups in total. The summed E-state index contributed by atoms with van der Waals surface area (Å²) >= 11 is 0. The molecule has 2 heterocycles. The number of hydrogen-bond acceptors (Lipinski definition) is 3. The van der Waals surface area contributed by atoms with E-state index in [0.717, 1.165) is 31.4 Å². The zero-order valence-electron chi connectivity index (χ0n) is 19.9. The number of rotatable bonds is 5. The van der Waals surface area contributed by atoms with Crippen LogP contribution in [0.3, 0.4) is 0 Å². The van der Waals surface area contributed by atoms with Crippen LogP contribution in [0.1, 0.15) is 68.8 Å². The van der Waals surface area contributed by atoms with Crippen molar-refractivity contribution < 1.29 is 14.4 Å². The average Bonchev–Trinajstić information content (AvgIpc) is 2.77. The van der Waals surface area contributed by atoms with Gasteiger partial charge in [0.15, 0.2) is 0 Å². The Morgan fingerprint density at radius 3 is 2.19 bits per heavy atom. The molecule has 176 valence electrons. The van der Waals surface area contributed by atoms with Crippen molar-refractivity contribution in [1.82, 2.24) is 20.4 Å². The summed E-state index contributed by atoms with van der Waals surface area (Å²) in [7, 11) is 0. The first kappa shape index (κ1) is 24.1. The highest BCUT2D eigenvalue weighted by Gasteiger charge is 2.38. The summed E-state index contributed by atoms with van der Waals surface area (Å²) in [4.78, 5) is 42.7. The van der Waals surface area contributed by atoms with E-state index in [9.17, 15) is 14.4 Å². The van der Waals surface area contributed by atoms with Crippen molar-refractivity contribution in [3.8, 4) is 0 Å². The summed E-state index contributed by atoms with van der Waals surface area (Å²) in [5.41, 5.74) is 1.65. The molecule has 7 heteroatoms. The first-order chi connectivity index (χ1) is 15.3. The van der Waals surface area contributed by atoms with Crippen molar-refractivity contribution in [3.63, 3.8) is 0 Å². The van der Waals surface area contributed by atoms with Crippen molar-refractivity contribution in [3.05, 3.63) is 35.4 Å². The molecule has 0 aromatic heterocycles. The van der Waals surface area contributed by atoms with Gasteiger partial charge >= 0.3 is 6.03 Å². The summed E-state index contributed by atoms with van der Waals surface area (Å²) < 4.78 is 0. The van der Waals surface area contributed by atoms with E-state index >= 15 is 0 Å². The molecule has 1 aromatic carbocycles. The fraction of sp³-hybridized carbons (Fsp3) is 0.640. The van der Waals surface area contributed by atoms with Gasteiger partial charge in [0, 0.05) is 37.3 Å². The number of benzene rings is 1. The van der Waals surface area contributed by atoms with Gasteiger partial charge in [-0.25, -0.2) is 4.79 Å². The molecule has 2 aliphatic rings. The Kier molecular flexibility index (Phi) is 8.15. The van der Waals surface area contributed by atoms with Crippen LogP contribution in [-0.4, -0.2) is 65.4 Å². The van der Waals surface area contributed by atoms with Crippen molar-refractivity contribution in [1.29, 1.82) is 0 Å². The van der Waals surface area contributed by atoms with Crippen LogP contribution >= 0.6 is 0 Å². The number of carbonyl (C=O) groups excluding carboxylic acids is 3. The third-order valence-electron chi connectivity index (χ3n) is 6.66. The second kappa shape index (κ2) is 10.8. The van der Waals surface area contributed by atoms with Crippen LogP contribution in [0.5, 0.6) is 0 Å². The molecule has 2 fully saturated rings. The van der Waals surface area contributed by atoms with Gasteiger partial charge in [-0.2, -0.15) is 0 Å². The summed E-state index contributed by atoms with van der Waals surface area (Å²) in [5, 5.41) is 6.00. The van der Waals surface area contributed by atoms with Crippen LogP contribution in [0.25, 0.3) is 0 Å². The van der Waals surface area contributed by atoms with E-state index in [1.54, 1.807) is 12.1 Å². The molecular weight excluding hydrogens is 404 g/mol. The lowest BCUT2D eigenvalue weighted by molar-refractivity contribution is -0.138. The molecule has 2 aliphatic heterocycles. The summed E-state index contributed by atoms with van der Waals surface area (Å²) in [5.74, 6) is -0.190. The Balaban J connectivity index is 1.73. The van der Waals surface area contributed by atoms with E-state index in [4.69, 9.17) is 0 Å². The highest BCUT2D eigenvalue weighted by atomic mass is 16.2. The Hall–Kier alpha value is -2.57. The van der Waals surface area contributed by atoms with Gasteiger partial charge in [-0.15, -0.1) is 0 Å². The van der Waals surface area contributed by atoms with Gasteiger partial charge in [-0.3, -0.25) is 9.59 Å². The van der Waals surface area contributed by atoms with Crippen LogP contribution in [0.15, 0.2) is 24.3 Å². The van der Waals surface area contributed by atoms with Crippen LogP contribution in [0.2, 0.25) is 0 Å². The molecule has 0 saturated carbocycles. The highest BCUT2D eigenvalue weighted by Crippen LogP contribution is 2.25. The number of aryl methyl sites for hydroxylation is 1. The monoisotopic (exact) mass is 442 g/mol. The summed E-state index contributed by atoms with van der Waals surface area (Å²) in [6.45, 7) is 9.88. The van der Waals surface area contributed by atoms with Gasteiger partial charge in [0.25, 0.3) is 5.91 Å². The molecule has 32 heavy (non-hydrogen) atoms. The van der Waals surface area contributed by atoms with Gasteiger partial charge in [0.1, 0.15) is 6.04 Å². The van der Waals surface area contributed by atoms with Crippen LogP contribution in [0.4, 0.5) is 4.79 Å². The normalized spacial score (nSPS) is 20.7. The van der Waals surface area contributed by atoms with Crippen molar-refractivity contribution in [2.45, 2.75) is 77.9 Å². The lowest BCUT2D eigenvalue weighted by Crippen LogP contribution is -2.57. The number of nitrogens with zero attached hydrogens (tertiary/aromatic N) is 2. The number of nitrogens with one attached hydrogen (secondary N) is 2. The third kappa shape index (κ3) is 6.02. The number of likely N-dealkylation sites (tertiary alicyclic amines) is 2. The Bertz CT molecular complexity index is 800. The van der Waals surface area contributed by atoms with Crippen molar-refractivity contribution >= 4 is 17.8 Å². The van der Waals surface area contributed by atoms with E-state index in [0.29, 0.717) is 31.5 Å². The molecule has 4 amide bonds. The fourth-order valence-corrected chi connectivity index (χ4v) is 4.69. The van der Waals surface area contributed by atoms with Crippen LogP contribution in [0, 0.1) is 12.8 Å². The average molecular weight is 443 g/mol. The Morgan fingerprint density at radius 1 is 0.938 bits per heavy atom. The fourth-order valence-electron chi connectivity index (χ4n) is 4.69. The lowest BCUT2D eigenvalue weighted by Gasteiger charge is -2.40. The van der Waals surface area contributed by atoms with Gasteiger partial charge < -0.3 is 20.4 Å². The van der Waals surface area contributed by atoms with Gasteiger partial charge in [-0.05, 0) is 77.8 Å². The van der Waals surface area contributed by atoms with Gasteiger partial charge in [0.2, 0.25) is 5.91 Å². The number of amides is 4. The molecule has 2 atom stereocenters. The van der Waals surface area contributed by atoms with Crippen molar-refractivity contribution in [2.24, 2.45) is 5.92 Å². The first-order valence-corrected chi connectivity index (χ1v) is 12.0. The minimum Gasteiger partial charge on any atom is -0.340 e. The van der Waals surface area contributed by atoms with Gasteiger partial charge in [-0.1, -0.05) is 17.7 Å².